The number of anilines is 1. The smallest absolute Gasteiger partial charge is 0.323 e. The van der Waals surface area contributed by atoms with Crippen molar-refractivity contribution in [1.82, 2.24) is 10.5 Å². The number of carbonyl (C=O) groups excluding carboxylic acids is 2. The minimum absolute atomic E-state index is 0.0868. The molecule has 0 aliphatic carbocycles. The Bertz CT molecular complexity index is 456. The molecule has 2 N–H and O–H groups in total. The molecule has 1 aromatic rings. The fourth-order valence-corrected chi connectivity index (χ4v) is 1.69. The second-order valence-corrected chi connectivity index (χ2v) is 4.82. The summed E-state index contributed by atoms with van der Waals surface area (Å²) in [4.78, 5) is 23.2. The van der Waals surface area contributed by atoms with E-state index < -0.39 is 6.04 Å². The summed E-state index contributed by atoms with van der Waals surface area (Å²) in [5.74, 6) is 0.583. The van der Waals surface area contributed by atoms with E-state index in [2.05, 4.69) is 15.8 Å². The summed E-state index contributed by atoms with van der Waals surface area (Å²) in [5.41, 5.74) is 0. The summed E-state index contributed by atoms with van der Waals surface area (Å²) in [6.07, 6.45) is 0.228. The standard InChI is InChI=1S/C13H21N3O4/c1-8(2)12(13(18)19-4)14-6-5-11(17)15-10-7-9(3)20-16-10/h7-8,12,14H,5-6H2,1-4H3,(H,15,16,17). The third kappa shape index (κ3) is 5.00. The highest BCUT2D eigenvalue weighted by molar-refractivity contribution is 5.89. The molecule has 0 aromatic carbocycles. The van der Waals surface area contributed by atoms with E-state index in [1.807, 2.05) is 13.8 Å². The summed E-state index contributed by atoms with van der Waals surface area (Å²) >= 11 is 0. The molecule has 1 aromatic heterocycles. The normalized spacial score (nSPS) is 12.2. The lowest BCUT2D eigenvalue weighted by atomic mass is 10.0. The average molecular weight is 283 g/mol. The topological polar surface area (TPSA) is 93.5 Å². The SMILES string of the molecule is COC(=O)C(NCCC(=O)Nc1cc(C)on1)C(C)C. The first-order valence-electron chi connectivity index (χ1n) is 6.48. The largest absolute Gasteiger partial charge is 0.468 e. The average Bonchev–Trinajstić information content (AvgIpc) is 2.78. The first kappa shape index (κ1) is 16.2. The zero-order valence-corrected chi connectivity index (χ0v) is 12.2. The second-order valence-electron chi connectivity index (χ2n) is 4.82. The molecule has 7 heteroatoms. The molecule has 0 fully saturated rings. The van der Waals surface area contributed by atoms with Gasteiger partial charge in [0.15, 0.2) is 5.82 Å². The summed E-state index contributed by atoms with van der Waals surface area (Å²) < 4.78 is 9.55. The van der Waals surface area contributed by atoms with Crippen LogP contribution in [-0.4, -0.2) is 36.7 Å². The van der Waals surface area contributed by atoms with E-state index in [0.717, 1.165) is 0 Å². The van der Waals surface area contributed by atoms with Crippen molar-refractivity contribution in [1.29, 1.82) is 0 Å². The summed E-state index contributed by atoms with van der Waals surface area (Å²) in [6, 6.07) is 1.22. The Kier molecular flexibility index (Phi) is 6.17. The molecule has 1 rings (SSSR count). The number of nitrogens with zero attached hydrogens (tertiary/aromatic N) is 1. The van der Waals surface area contributed by atoms with Gasteiger partial charge < -0.3 is 19.9 Å². The van der Waals surface area contributed by atoms with E-state index in [1.165, 1.54) is 7.11 Å². The fraction of sp³-hybridized carbons (Fsp3) is 0.615. The van der Waals surface area contributed by atoms with Crippen LogP contribution in [0, 0.1) is 12.8 Å². The zero-order chi connectivity index (χ0) is 15.1. The van der Waals surface area contributed by atoms with Crippen LogP contribution in [0.25, 0.3) is 0 Å². The molecule has 1 heterocycles. The number of esters is 1. The van der Waals surface area contributed by atoms with Crippen LogP contribution in [0.3, 0.4) is 0 Å². The van der Waals surface area contributed by atoms with Crippen molar-refractivity contribution in [2.75, 3.05) is 19.0 Å². The lowest BCUT2D eigenvalue weighted by Gasteiger charge is -2.19. The zero-order valence-electron chi connectivity index (χ0n) is 12.2. The summed E-state index contributed by atoms with van der Waals surface area (Å²) in [6.45, 7) is 5.94. The first-order valence-corrected chi connectivity index (χ1v) is 6.48. The molecular weight excluding hydrogens is 262 g/mol. The number of methoxy groups -OCH3 is 1. The van der Waals surface area contributed by atoms with Gasteiger partial charge in [-0.15, -0.1) is 0 Å². The number of hydrogen-bond acceptors (Lipinski definition) is 6. The van der Waals surface area contributed by atoms with Crippen LogP contribution in [-0.2, 0) is 14.3 Å². The second kappa shape index (κ2) is 7.64. The molecule has 0 bridgehead atoms. The van der Waals surface area contributed by atoms with E-state index in [0.29, 0.717) is 18.1 Å². The molecule has 20 heavy (non-hydrogen) atoms. The predicted molar refractivity (Wildman–Crippen MR) is 73.1 cm³/mol. The molecule has 112 valence electrons. The molecule has 0 saturated carbocycles. The van der Waals surface area contributed by atoms with Crippen LogP contribution in [0.2, 0.25) is 0 Å². The Morgan fingerprint density at radius 1 is 1.45 bits per heavy atom. The van der Waals surface area contributed by atoms with Gasteiger partial charge in [-0.25, -0.2) is 0 Å². The van der Waals surface area contributed by atoms with Gasteiger partial charge in [0.1, 0.15) is 11.8 Å². The van der Waals surface area contributed by atoms with Gasteiger partial charge in [-0.1, -0.05) is 19.0 Å². The van der Waals surface area contributed by atoms with E-state index >= 15 is 0 Å². The van der Waals surface area contributed by atoms with Gasteiger partial charge >= 0.3 is 5.97 Å². The van der Waals surface area contributed by atoms with Gasteiger partial charge in [0.05, 0.1) is 7.11 Å². The Morgan fingerprint density at radius 3 is 2.65 bits per heavy atom. The van der Waals surface area contributed by atoms with Crippen LogP contribution in [0.15, 0.2) is 10.6 Å². The monoisotopic (exact) mass is 283 g/mol. The van der Waals surface area contributed by atoms with Crippen molar-refractivity contribution >= 4 is 17.7 Å². The van der Waals surface area contributed by atoms with E-state index in [-0.39, 0.29) is 24.2 Å². The third-order valence-electron chi connectivity index (χ3n) is 2.73. The van der Waals surface area contributed by atoms with Crippen LogP contribution in [0.1, 0.15) is 26.0 Å². The Morgan fingerprint density at radius 2 is 2.15 bits per heavy atom. The van der Waals surface area contributed by atoms with Gasteiger partial charge in [-0.05, 0) is 12.8 Å². The van der Waals surface area contributed by atoms with E-state index in [1.54, 1.807) is 13.0 Å². The number of nitrogens with one attached hydrogen (secondary N) is 2. The van der Waals surface area contributed by atoms with Gasteiger partial charge in [0, 0.05) is 19.0 Å². The summed E-state index contributed by atoms with van der Waals surface area (Å²) in [7, 11) is 1.35. The highest BCUT2D eigenvalue weighted by Crippen LogP contribution is 2.07. The molecule has 0 spiro atoms. The minimum Gasteiger partial charge on any atom is -0.468 e. The quantitative estimate of drug-likeness (QED) is 0.728. The van der Waals surface area contributed by atoms with Crippen LogP contribution < -0.4 is 10.6 Å². The molecule has 0 radical (unpaired) electrons. The molecule has 0 aliphatic heterocycles. The highest BCUT2D eigenvalue weighted by Gasteiger charge is 2.22. The van der Waals surface area contributed by atoms with Crippen LogP contribution in [0.4, 0.5) is 5.82 Å². The number of carbonyl (C=O) groups is 2. The predicted octanol–water partition coefficient (Wildman–Crippen LogP) is 1.10. The van der Waals surface area contributed by atoms with Crippen LogP contribution in [0.5, 0.6) is 0 Å². The fourth-order valence-electron chi connectivity index (χ4n) is 1.69. The van der Waals surface area contributed by atoms with Gasteiger partial charge in [0.2, 0.25) is 5.91 Å². The lowest BCUT2D eigenvalue weighted by molar-refractivity contribution is -0.144. The van der Waals surface area contributed by atoms with Crippen LogP contribution >= 0.6 is 0 Å². The van der Waals surface area contributed by atoms with Crippen molar-refractivity contribution in [3.05, 3.63) is 11.8 Å². The highest BCUT2D eigenvalue weighted by atomic mass is 16.5. The van der Waals surface area contributed by atoms with Crippen molar-refractivity contribution in [2.24, 2.45) is 5.92 Å². The number of ether oxygens (including phenoxy) is 1. The Labute approximate surface area is 118 Å². The van der Waals surface area contributed by atoms with Gasteiger partial charge in [0.25, 0.3) is 0 Å². The van der Waals surface area contributed by atoms with Gasteiger partial charge in [-0.3, -0.25) is 9.59 Å². The van der Waals surface area contributed by atoms with Crippen molar-refractivity contribution in [2.45, 2.75) is 33.2 Å². The summed E-state index contributed by atoms with van der Waals surface area (Å²) in [5, 5.41) is 9.29. The maximum atomic E-state index is 11.7. The number of rotatable bonds is 7. The molecular formula is C13H21N3O4. The molecule has 0 aliphatic rings. The van der Waals surface area contributed by atoms with Crippen molar-refractivity contribution in [3.8, 4) is 0 Å². The minimum atomic E-state index is -0.415. The number of aromatic nitrogens is 1. The molecule has 0 saturated heterocycles. The Hall–Kier alpha value is -1.89. The molecule has 1 amide bonds. The number of amides is 1. The Balaban J connectivity index is 2.35. The number of aryl methyl sites for hydroxylation is 1. The first-order chi connectivity index (χ1) is 9.43. The van der Waals surface area contributed by atoms with Crippen molar-refractivity contribution in [3.63, 3.8) is 0 Å². The van der Waals surface area contributed by atoms with Gasteiger partial charge in [-0.2, -0.15) is 0 Å². The van der Waals surface area contributed by atoms with E-state index in [4.69, 9.17) is 9.26 Å². The molecule has 7 nitrogen and oxygen atoms in total. The maximum absolute atomic E-state index is 11.7. The number of hydrogen-bond donors (Lipinski definition) is 2. The maximum Gasteiger partial charge on any atom is 0.323 e. The molecule has 1 unspecified atom stereocenters. The molecule has 1 atom stereocenters. The lowest BCUT2D eigenvalue weighted by Crippen LogP contribution is -2.42. The third-order valence-corrected chi connectivity index (χ3v) is 2.73. The van der Waals surface area contributed by atoms with E-state index in [9.17, 15) is 9.59 Å². The van der Waals surface area contributed by atoms with Crippen molar-refractivity contribution < 1.29 is 18.8 Å².